The van der Waals surface area contributed by atoms with E-state index in [1.54, 1.807) is 0 Å². The van der Waals surface area contributed by atoms with Crippen molar-refractivity contribution in [1.82, 2.24) is 4.31 Å². The average molecular weight is 415 g/mol. The molecule has 0 atom stereocenters. The fourth-order valence-corrected chi connectivity index (χ4v) is 5.41. The SMILES string of the molecule is CN(C)S(=O)(=O)c1ccc(NS(=O)(=O)c2cc(Cl)c(Cl)s2)cc1. The molecule has 1 heterocycles. The highest BCUT2D eigenvalue weighted by molar-refractivity contribution is 7.94. The van der Waals surface area contributed by atoms with E-state index < -0.39 is 20.0 Å². The van der Waals surface area contributed by atoms with Crippen molar-refractivity contribution < 1.29 is 16.8 Å². The molecule has 1 aromatic carbocycles. The summed E-state index contributed by atoms with van der Waals surface area (Å²) in [5.41, 5.74) is 0.225. The number of anilines is 1. The van der Waals surface area contributed by atoms with Crippen LogP contribution in [0, 0.1) is 0 Å². The number of nitrogens with zero attached hydrogens (tertiary/aromatic N) is 1. The van der Waals surface area contributed by atoms with E-state index in [9.17, 15) is 16.8 Å². The Morgan fingerprint density at radius 1 is 1.04 bits per heavy atom. The lowest BCUT2D eigenvalue weighted by Crippen LogP contribution is -2.22. The van der Waals surface area contributed by atoms with Gasteiger partial charge in [-0.3, -0.25) is 4.72 Å². The normalized spacial score (nSPS) is 12.6. The Labute approximate surface area is 148 Å². The number of halogens is 2. The van der Waals surface area contributed by atoms with E-state index in [0.29, 0.717) is 0 Å². The van der Waals surface area contributed by atoms with E-state index >= 15 is 0 Å². The number of nitrogens with one attached hydrogen (secondary N) is 1. The van der Waals surface area contributed by atoms with Crippen molar-refractivity contribution in [2.45, 2.75) is 9.10 Å². The molecule has 6 nitrogen and oxygen atoms in total. The molecular weight excluding hydrogens is 403 g/mol. The van der Waals surface area contributed by atoms with E-state index in [-0.39, 0.29) is 24.2 Å². The highest BCUT2D eigenvalue weighted by Crippen LogP contribution is 2.35. The summed E-state index contributed by atoms with van der Waals surface area (Å²) in [5, 5.41) is 0.157. The zero-order valence-electron chi connectivity index (χ0n) is 11.9. The van der Waals surface area contributed by atoms with Crippen molar-refractivity contribution in [2.75, 3.05) is 18.8 Å². The molecule has 0 amide bonds. The van der Waals surface area contributed by atoms with Gasteiger partial charge in [-0.2, -0.15) is 0 Å². The van der Waals surface area contributed by atoms with Gasteiger partial charge in [-0.15, -0.1) is 11.3 Å². The summed E-state index contributed by atoms with van der Waals surface area (Å²) in [6, 6.07) is 6.63. The molecule has 1 N–H and O–H groups in total. The van der Waals surface area contributed by atoms with Crippen molar-refractivity contribution in [1.29, 1.82) is 0 Å². The van der Waals surface area contributed by atoms with Crippen LogP contribution in [0.4, 0.5) is 5.69 Å². The van der Waals surface area contributed by atoms with Crippen LogP contribution in [0.25, 0.3) is 0 Å². The van der Waals surface area contributed by atoms with E-state index in [0.717, 1.165) is 15.6 Å². The monoisotopic (exact) mass is 414 g/mol. The Kier molecular flexibility index (Phi) is 5.29. The molecule has 0 aliphatic heterocycles. The zero-order chi connectivity index (χ0) is 17.4. The quantitative estimate of drug-likeness (QED) is 0.814. The van der Waals surface area contributed by atoms with Crippen LogP contribution in [0.15, 0.2) is 39.4 Å². The maximum atomic E-state index is 12.2. The van der Waals surface area contributed by atoms with Crippen molar-refractivity contribution in [3.63, 3.8) is 0 Å². The Bertz CT molecular complexity index is 900. The Balaban J connectivity index is 2.28. The Hall–Kier alpha value is -0.840. The number of hydrogen-bond acceptors (Lipinski definition) is 5. The van der Waals surface area contributed by atoms with Gasteiger partial charge in [0.1, 0.15) is 8.55 Å². The molecule has 1 aromatic heterocycles. The second-order valence-electron chi connectivity index (χ2n) is 4.60. The van der Waals surface area contributed by atoms with Crippen LogP contribution in [-0.2, 0) is 20.0 Å². The third-order valence-electron chi connectivity index (χ3n) is 2.77. The summed E-state index contributed by atoms with van der Waals surface area (Å²) >= 11 is 12.3. The molecule has 0 aliphatic rings. The molecule has 126 valence electrons. The maximum Gasteiger partial charge on any atom is 0.271 e. The number of benzene rings is 1. The summed E-state index contributed by atoms with van der Waals surface area (Å²) in [7, 11) is -4.58. The minimum absolute atomic E-state index is 0.0301. The summed E-state index contributed by atoms with van der Waals surface area (Å²) in [4.78, 5) is 0.0626. The van der Waals surface area contributed by atoms with Crippen molar-refractivity contribution >= 4 is 60.3 Å². The van der Waals surface area contributed by atoms with Crippen LogP contribution in [0.1, 0.15) is 0 Å². The third-order valence-corrected chi connectivity index (χ3v) is 8.32. The highest BCUT2D eigenvalue weighted by Gasteiger charge is 2.20. The predicted octanol–water partition coefficient (Wildman–Crippen LogP) is 3.11. The van der Waals surface area contributed by atoms with Gasteiger partial charge < -0.3 is 0 Å². The van der Waals surface area contributed by atoms with Gasteiger partial charge in [-0.05, 0) is 30.3 Å². The lowest BCUT2D eigenvalue weighted by molar-refractivity contribution is 0.521. The summed E-state index contributed by atoms with van der Waals surface area (Å²) in [6.07, 6.45) is 0. The second kappa shape index (κ2) is 6.58. The van der Waals surface area contributed by atoms with Crippen LogP contribution >= 0.6 is 34.5 Å². The number of rotatable bonds is 5. The van der Waals surface area contributed by atoms with Crippen LogP contribution < -0.4 is 4.72 Å². The molecule has 2 rings (SSSR count). The van der Waals surface area contributed by atoms with Crippen LogP contribution in [0.3, 0.4) is 0 Å². The third kappa shape index (κ3) is 3.98. The maximum absolute atomic E-state index is 12.2. The second-order valence-corrected chi connectivity index (χ2v) is 10.7. The standard InChI is InChI=1S/C12H12Cl2N2O4S3/c1-16(2)23(19,20)9-5-3-8(4-6-9)15-22(17,18)11-7-10(13)12(14)21-11/h3-7,15H,1-2H3. The first kappa shape index (κ1) is 18.5. The molecule has 0 aliphatic carbocycles. The summed E-state index contributed by atoms with van der Waals surface area (Å²) in [5.74, 6) is 0. The molecule has 0 saturated carbocycles. The van der Waals surface area contributed by atoms with Gasteiger partial charge in [-0.25, -0.2) is 21.1 Å². The first-order valence-electron chi connectivity index (χ1n) is 6.04. The predicted molar refractivity (Wildman–Crippen MR) is 92.5 cm³/mol. The van der Waals surface area contributed by atoms with Crippen LogP contribution in [0.2, 0.25) is 9.36 Å². The molecule has 0 saturated heterocycles. The van der Waals surface area contributed by atoms with Crippen molar-refractivity contribution in [3.05, 3.63) is 39.7 Å². The number of sulfonamides is 2. The van der Waals surface area contributed by atoms with Crippen LogP contribution in [-0.4, -0.2) is 35.2 Å². The first-order chi connectivity index (χ1) is 10.5. The van der Waals surface area contributed by atoms with Gasteiger partial charge >= 0.3 is 0 Å². The van der Waals surface area contributed by atoms with Crippen molar-refractivity contribution in [3.8, 4) is 0 Å². The molecular formula is C12H12Cl2N2O4S3. The minimum Gasteiger partial charge on any atom is -0.279 e. The lowest BCUT2D eigenvalue weighted by atomic mass is 10.3. The van der Waals surface area contributed by atoms with Gasteiger partial charge in [-0.1, -0.05) is 23.2 Å². The molecule has 2 aromatic rings. The van der Waals surface area contributed by atoms with E-state index in [2.05, 4.69) is 4.72 Å². The van der Waals surface area contributed by atoms with Gasteiger partial charge in [0.05, 0.1) is 9.92 Å². The van der Waals surface area contributed by atoms with Gasteiger partial charge in [0.2, 0.25) is 10.0 Å². The van der Waals surface area contributed by atoms with Gasteiger partial charge in [0.25, 0.3) is 10.0 Å². The van der Waals surface area contributed by atoms with E-state index in [1.807, 2.05) is 0 Å². The molecule has 0 unspecified atom stereocenters. The number of hydrogen-bond donors (Lipinski definition) is 1. The summed E-state index contributed by atoms with van der Waals surface area (Å²) in [6.45, 7) is 0. The molecule has 0 spiro atoms. The van der Waals surface area contributed by atoms with Crippen LogP contribution in [0.5, 0.6) is 0 Å². The molecule has 0 radical (unpaired) electrons. The fraction of sp³-hybridized carbons (Fsp3) is 0.167. The first-order valence-corrected chi connectivity index (χ1v) is 10.5. The number of thiophene rings is 1. The average Bonchev–Trinajstić information content (AvgIpc) is 2.79. The minimum atomic E-state index is -3.84. The topological polar surface area (TPSA) is 83.6 Å². The zero-order valence-corrected chi connectivity index (χ0v) is 15.9. The van der Waals surface area contributed by atoms with E-state index in [1.165, 1.54) is 44.4 Å². The Morgan fingerprint density at radius 3 is 2.04 bits per heavy atom. The smallest absolute Gasteiger partial charge is 0.271 e. The highest BCUT2D eigenvalue weighted by atomic mass is 35.5. The molecule has 23 heavy (non-hydrogen) atoms. The van der Waals surface area contributed by atoms with Gasteiger partial charge in [0.15, 0.2) is 0 Å². The largest absolute Gasteiger partial charge is 0.279 e. The van der Waals surface area contributed by atoms with Crippen molar-refractivity contribution in [2.24, 2.45) is 0 Å². The fourth-order valence-electron chi connectivity index (χ4n) is 1.57. The molecule has 0 fully saturated rings. The molecule has 11 heteroatoms. The lowest BCUT2D eigenvalue weighted by Gasteiger charge is -2.12. The van der Waals surface area contributed by atoms with Gasteiger partial charge in [0, 0.05) is 19.8 Å². The molecule has 0 bridgehead atoms. The van der Waals surface area contributed by atoms with E-state index in [4.69, 9.17) is 23.2 Å². The Morgan fingerprint density at radius 2 is 1.61 bits per heavy atom. The summed E-state index contributed by atoms with van der Waals surface area (Å²) < 4.78 is 51.9.